The SMILES string of the molecule is O=S(=O)([O-])C(F)(F)C(F)(F)CCCCCCCCCC(F)(F)F.c1cc[nH+]cc1. The summed E-state index contributed by atoms with van der Waals surface area (Å²) >= 11 is 0. The van der Waals surface area contributed by atoms with Gasteiger partial charge in [-0.1, -0.05) is 38.2 Å². The van der Waals surface area contributed by atoms with Crippen molar-refractivity contribution in [2.75, 3.05) is 0 Å². The Labute approximate surface area is 165 Å². The van der Waals surface area contributed by atoms with Crippen LogP contribution in [0.1, 0.15) is 57.8 Å². The maximum Gasteiger partial charge on any atom is 0.396 e. The Morgan fingerprint density at radius 3 is 1.41 bits per heavy atom. The topological polar surface area (TPSA) is 71.3 Å². The first-order valence-corrected chi connectivity index (χ1v) is 10.3. The van der Waals surface area contributed by atoms with Gasteiger partial charge in [0.1, 0.15) is 0 Å². The quantitative estimate of drug-likeness (QED) is 0.257. The van der Waals surface area contributed by atoms with Crippen LogP contribution in [0.15, 0.2) is 30.6 Å². The van der Waals surface area contributed by atoms with Gasteiger partial charge in [0.25, 0.3) is 0 Å². The van der Waals surface area contributed by atoms with E-state index in [1.807, 2.05) is 30.6 Å². The highest BCUT2D eigenvalue weighted by molar-refractivity contribution is 7.86. The summed E-state index contributed by atoms with van der Waals surface area (Å²) in [6, 6.07) is 5.86. The third-order valence-electron chi connectivity index (χ3n) is 3.80. The molecule has 0 aliphatic rings. The predicted molar refractivity (Wildman–Crippen MR) is 90.2 cm³/mol. The Morgan fingerprint density at radius 1 is 0.690 bits per heavy atom. The summed E-state index contributed by atoms with van der Waals surface area (Å²) in [5.41, 5.74) is 0. The number of halogens is 7. The summed E-state index contributed by atoms with van der Waals surface area (Å²) in [5, 5.41) is -5.66. The van der Waals surface area contributed by atoms with Crippen LogP contribution in [0.2, 0.25) is 0 Å². The molecule has 0 spiro atoms. The molecule has 12 heteroatoms. The van der Waals surface area contributed by atoms with Crippen LogP contribution in [0, 0.1) is 0 Å². The highest BCUT2D eigenvalue weighted by Crippen LogP contribution is 2.41. The molecular formula is C17H24F7NO3S. The van der Waals surface area contributed by atoms with Crippen LogP contribution in [0.25, 0.3) is 0 Å². The monoisotopic (exact) mass is 455 g/mol. The molecule has 0 amide bonds. The average Bonchev–Trinajstić information content (AvgIpc) is 2.60. The number of H-pyrrole nitrogens is 1. The van der Waals surface area contributed by atoms with Gasteiger partial charge < -0.3 is 4.55 Å². The minimum Gasteiger partial charge on any atom is -0.743 e. The summed E-state index contributed by atoms with van der Waals surface area (Å²) in [6.45, 7) is 0. The zero-order valence-corrected chi connectivity index (χ0v) is 16.3. The van der Waals surface area contributed by atoms with E-state index >= 15 is 0 Å². The van der Waals surface area contributed by atoms with E-state index in [-0.39, 0.29) is 12.8 Å². The Morgan fingerprint density at radius 2 is 1.10 bits per heavy atom. The number of hydrogen-bond donors (Lipinski definition) is 0. The molecule has 1 N–H and O–H groups in total. The second kappa shape index (κ2) is 12.3. The van der Waals surface area contributed by atoms with Crippen molar-refractivity contribution in [3.63, 3.8) is 0 Å². The summed E-state index contributed by atoms with van der Waals surface area (Å²) in [4.78, 5) is 2.89. The van der Waals surface area contributed by atoms with Gasteiger partial charge >= 0.3 is 17.4 Å². The molecule has 0 bridgehead atoms. The molecule has 0 atom stereocenters. The summed E-state index contributed by atoms with van der Waals surface area (Å²) in [5.74, 6) is -4.94. The van der Waals surface area contributed by atoms with Gasteiger partial charge in [0.2, 0.25) is 0 Å². The molecular weight excluding hydrogens is 431 g/mol. The van der Waals surface area contributed by atoms with Crippen LogP contribution in [0.5, 0.6) is 0 Å². The van der Waals surface area contributed by atoms with E-state index in [0.29, 0.717) is 25.7 Å². The number of hydrogen-bond acceptors (Lipinski definition) is 3. The highest BCUT2D eigenvalue weighted by Gasteiger charge is 2.60. The lowest BCUT2D eigenvalue weighted by Crippen LogP contribution is -2.46. The molecule has 1 aromatic heterocycles. The molecule has 1 heterocycles. The fraction of sp³-hybridized carbons (Fsp3) is 0.706. The van der Waals surface area contributed by atoms with Crippen molar-refractivity contribution in [2.24, 2.45) is 0 Å². The maximum absolute atomic E-state index is 13.0. The molecule has 0 fully saturated rings. The Bertz CT molecular complexity index is 626. The Hall–Kier alpha value is -1.43. The summed E-state index contributed by atoms with van der Waals surface area (Å²) < 4.78 is 118. The molecule has 29 heavy (non-hydrogen) atoms. The predicted octanol–water partition coefficient (Wildman–Crippen LogP) is 5.33. The lowest BCUT2D eigenvalue weighted by Gasteiger charge is -2.28. The second-order valence-electron chi connectivity index (χ2n) is 6.34. The molecule has 0 saturated carbocycles. The van der Waals surface area contributed by atoms with Gasteiger partial charge in [-0.05, 0) is 12.8 Å². The standard InChI is InChI=1S/C12H19F7O3S.C5H5N/c13-10(14,12(18,19)23(20,21)22)8-6-4-2-1-3-5-7-9-11(15,16)17;1-2-4-6-5-3-1/h1-9H2,(H,20,21,22);1-5H. The van der Waals surface area contributed by atoms with Gasteiger partial charge in [-0.2, -0.15) is 30.7 Å². The molecule has 0 aliphatic carbocycles. The lowest BCUT2D eigenvalue weighted by molar-refractivity contribution is -0.377. The van der Waals surface area contributed by atoms with Crippen molar-refractivity contribution in [3.05, 3.63) is 30.6 Å². The first-order valence-electron chi connectivity index (χ1n) is 8.89. The third-order valence-corrected chi connectivity index (χ3v) is 4.72. The number of aromatic amines is 1. The molecule has 1 aromatic rings. The number of pyridine rings is 1. The highest BCUT2D eigenvalue weighted by atomic mass is 32.2. The van der Waals surface area contributed by atoms with E-state index in [1.54, 1.807) is 0 Å². The fourth-order valence-electron chi connectivity index (χ4n) is 2.23. The van der Waals surface area contributed by atoms with Crippen LogP contribution in [0.3, 0.4) is 0 Å². The van der Waals surface area contributed by atoms with Crippen LogP contribution in [-0.4, -0.2) is 30.3 Å². The van der Waals surface area contributed by atoms with Crippen molar-refractivity contribution in [2.45, 2.75) is 75.1 Å². The molecule has 1 rings (SSSR count). The van der Waals surface area contributed by atoms with E-state index in [9.17, 15) is 43.7 Å². The van der Waals surface area contributed by atoms with E-state index < -0.39 is 46.7 Å². The number of nitrogens with one attached hydrogen (secondary N) is 1. The summed E-state index contributed by atoms with van der Waals surface area (Å²) in [7, 11) is -6.46. The van der Waals surface area contributed by atoms with Crippen molar-refractivity contribution < 1.29 is 48.7 Å². The van der Waals surface area contributed by atoms with Gasteiger partial charge in [-0.15, -0.1) is 0 Å². The first kappa shape index (κ1) is 27.6. The third kappa shape index (κ3) is 12.0. The van der Waals surface area contributed by atoms with Gasteiger partial charge in [0.05, 0.1) is 0 Å². The van der Waals surface area contributed by atoms with Crippen molar-refractivity contribution >= 4 is 10.1 Å². The normalized spacial score (nSPS) is 13.0. The van der Waals surface area contributed by atoms with E-state index in [1.165, 1.54) is 0 Å². The Kier molecular flexibility index (Phi) is 11.7. The molecule has 4 nitrogen and oxygen atoms in total. The van der Waals surface area contributed by atoms with Gasteiger partial charge in [-0.3, -0.25) is 0 Å². The second-order valence-corrected chi connectivity index (χ2v) is 7.76. The molecule has 0 aromatic carbocycles. The maximum atomic E-state index is 13.0. The smallest absolute Gasteiger partial charge is 0.396 e. The molecule has 170 valence electrons. The average molecular weight is 455 g/mol. The minimum atomic E-state index is -6.46. The lowest BCUT2D eigenvalue weighted by atomic mass is 10.1. The first-order chi connectivity index (χ1) is 13.2. The van der Waals surface area contributed by atoms with Crippen LogP contribution in [-0.2, 0) is 10.1 Å². The van der Waals surface area contributed by atoms with Crippen LogP contribution in [0.4, 0.5) is 30.7 Å². The van der Waals surface area contributed by atoms with E-state index in [2.05, 4.69) is 4.98 Å². The number of aromatic nitrogens is 1. The van der Waals surface area contributed by atoms with Gasteiger partial charge in [0, 0.05) is 25.0 Å². The molecule has 0 aliphatic heterocycles. The molecule has 0 saturated heterocycles. The van der Waals surface area contributed by atoms with Crippen molar-refractivity contribution in [1.29, 1.82) is 0 Å². The minimum absolute atomic E-state index is 0.0326. The van der Waals surface area contributed by atoms with E-state index in [4.69, 9.17) is 0 Å². The number of alkyl halides is 7. The van der Waals surface area contributed by atoms with E-state index in [0.717, 1.165) is 0 Å². The van der Waals surface area contributed by atoms with Gasteiger partial charge in [0.15, 0.2) is 22.5 Å². The zero-order valence-electron chi connectivity index (χ0n) is 15.5. The largest absolute Gasteiger partial charge is 0.743 e. The van der Waals surface area contributed by atoms with Crippen molar-refractivity contribution in [1.82, 2.24) is 0 Å². The summed E-state index contributed by atoms with van der Waals surface area (Å²) in [6.07, 6.45) is -1.58. The van der Waals surface area contributed by atoms with Crippen molar-refractivity contribution in [3.8, 4) is 0 Å². The zero-order chi connectivity index (χ0) is 22.6. The number of unbranched alkanes of at least 4 members (excludes halogenated alkanes) is 6. The van der Waals surface area contributed by atoms with Gasteiger partial charge in [-0.25, -0.2) is 13.4 Å². The van der Waals surface area contributed by atoms with Crippen LogP contribution < -0.4 is 4.98 Å². The molecule has 0 unspecified atom stereocenters. The van der Waals surface area contributed by atoms with Crippen LogP contribution >= 0.6 is 0 Å². The fourth-order valence-corrected chi connectivity index (χ4v) is 2.69. The Balaban J connectivity index is 0.00000110. The molecule has 0 radical (unpaired) electrons. The number of rotatable bonds is 11.